The lowest BCUT2D eigenvalue weighted by molar-refractivity contribution is -0.115. The standard InChI is InChI=1S/C11H11FN2O2/c1-7-2-3-8(6-9(7)12)14-11(16)5-4-10(13)15/h2-6H,1H3,(H2,13,15)(H,14,16)/b5-4-. The summed E-state index contributed by atoms with van der Waals surface area (Å²) in [4.78, 5) is 21.5. The summed E-state index contributed by atoms with van der Waals surface area (Å²) < 4.78 is 13.1. The molecule has 0 bridgehead atoms. The molecule has 0 spiro atoms. The number of nitrogens with one attached hydrogen (secondary N) is 1. The Kier molecular flexibility index (Phi) is 3.77. The molecule has 16 heavy (non-hydrogen) atoms. The quantitative estimate of drug-likeness (QED) is 0.752. The number of hydrogen-bond acceptors (Lipinski definition) is 2. The molecular weight excluding hydrogens is 211 g/mol. The van der Waals surface area contributed by atoms with E-state index in [1.54, 1.807) is 19.1 Å². The van der Waals surface area contributed by atoms with Crippen LogP contribution in [0.1, 0.15) is 5.56 Å². The van der Waals surface area contributed by atoms with E-state index in [9.17, 15) is 14.0 Å². The number of rotatable bonds is 3. The van der Waals surface area contributed by atoms with Crippen LogP contribution in [0.2, 0.25) is 0 Å². The van der Waals surface area contributed by atoms with Crippen LogP contribution in [0.5, 0.6) is 0 Å². The van der Waals surface area contributed by atoms with Gasteiger partial charge in [0.25, 0.3) is 0 Å². The molecule has 2 amide bonds. The van der Waals surface area contributed by atoms with Crippen molar-refractivity contribution in [2.75, 3.05) is 5.32 Å². The molecule has 1 aromatic rings. The Balaban J connectivity index is 2.70. The van der Waals surface area contributed by atoms with Gasteiger partial charge in [0.2, 0.25) is 11.8 Å². The second-order valence-electron chi connectivity index (χ2n) is 3.19. The zero-order valence-electron chi connectivity index (χ0n) is 8.66. The third-order valence-corrected chi connectivity index (χ3v) is 1.84. The third-order valence-electron chi connectivity index (χ3n) is 1.84. The van der Waals surface area contributed by atoms with Crippen molar-refractivity contribution in [2.24, 2.45) is 5.73 Å². The van der Waals surface area contributed by atoms with Gasteiger partial charge in [0.1, 0.15) is 5.82 Å². The molecule has 0 aromatic heterocycles. The van der Waals surface area contributed by atoms with E-state index < -0.39 is 17.6 Å². The minimum absolute atomic E-state index is 0.322. The number of aryl methyl sites for hydroxylation is 1. The molecule has 0 aliphatic rings. The maximum absolute atomic E-state index is 13.1. The average molecular weight is 222 g/mol. The molecule has 4 nitrogen and oxygen atoms in total. The minimum Gasteiger partial charge on any atom is -0.366 e. The number of amides is 2. The molecule has 0 fully saturated rings. The number of nitrogens with two attached hydrogens (primary N) is 1. The SMILES string of the molecule is Cc1ccc(NC(=O)/C=C\C(N)=O)cc1F. The summed E-state index contributed by atoms with van der Waals surface area (Å²) >= 11 is 0. The lowest BCUT2D eigenvalue weighted by Gasteiger charge is -2.03. The molecule has 0 saturated heterocycles. The molecule has 84 valence electrons. The predicted octanol–water partition coefficient (Wildman–Crippen LogP) is 1.11. The van der Waals surface area contributed by atoms with E-state index >= 15 is 0 Å². The van der Waals surface area contributed by atoms with Gasteiger partial charge in [0.05, 0.1) is 0 Å². The van der Waals surface area contributed by atoms with E-state index in [-0.39, 0.29) is 0 Å². The van der Waals surface area contributed by atoms with E-state index in [4.69, 9.17) is 5.73 Å². The molecule has 0 radical (unpaired) electrons. The molecule has 0 heterocycles. The van der Waals surface area contributed by atoms with Gasteiger partial charge in [0, 0.05) is 17.8 Å². The van der Waals surface area contributed by atoms with Crippen LogP contribution in [0.25, 0.3) is 0 Å². The fourth-order valence-electron chi connectivity index (χ4n) is 1.01. The predicted molar refractivity (Wildman–Crippen MR) is 58.1 cm³/mol. The fraction of sp³-hybridized carbons (Fsp3) is 0.0909. The zero-order valence-corrected chi connectivity index (χ0v) is 8.66. The molecular formula is C11H11FN2O2. The van der Waals surface area contributed by atoms with Crippen molar-refractivity contribution in [2.45, 2.75) is 6.92 Å². The van der Waals surface area contributed by atoms with E-state index in [1.165, 1.54) is 6.07 Å². The van der Waals surface area contributed by atoms with Gasteiger partial charge < -0.3 is 11.1 Å². The lowest BCUT2D eigenvalue weighted by atomic mass is 10.2. The van der Waals surface area contributed by atoms with Crippen molar-refractivity contribution in [1.82, 2.24) is 0 Å². The Labute approximate surface area is 91.9 Å². The molecule has 0 aliphatic carbocycles. The number of benzene rings is 1. The van der Waals surface area contributed by atoms with Crippen molar-refractivity contribution in [3.05, 3.63) is 41.7 Å². The Morgan fingerprint density at radius 2 is 2.06 bits per heavy atom. The smallest absolute Gasteiger partial charge is 0.248 e. The summed E-state index contributed by atoms with van der Waals surface area (Å²) in [5.74, 6) is -1.66. The summed E-state index contributed by atoms with van der Waals surface area (Å²) in [6.07, 6.45) is 1.92. The number of primary amides is 1. The topological polar surface area (TPSA) is 72.2 Å². The Morgan fingerprint density at radius 3 is 2.62 bits per heavy atom. The van der Waals surface area contributed by atoms with Crippen LogP contribution in [0.15, 0.2) is 30.4 Å². The first-order valence-electron chi connectivity index (χ1n) is 4.53. The number of hydrogen-bond donors (Lipinski definition) is 2. The fourth-order valence-corrected chi connectivity index (χ4v) is 1.01. The second-order valence-corrected chi connectivity index (χ2v) is 3.19. The summed E-state index contributed by atoms with van der Waals surface area (Å²) in [6, 6.07) is 4.31. The van der Waals surface area contributed by atoms with E-state index in [1.807, 2.05) is 0 Å². The van der Waals surface area contributed by atoms with Crippen molar-refractivity contribution in [3.63, 3.8) is 0 Å². The monoisotopic (exact) mass is 222 g/mol. The van der Waals surface area contributed by atoms with Gasteiger partial charge in [0.15, 0.2) is 0 Å². The molecule has 5 heteroatoms. The van der Waals surface area contributed by atoms with E-state index in [0.717, 1.165) is 12.2 Å². The minimum atomic E-state index is -0.717. The largest absolute Gasteiger partial charge is 0.366 e. The zero-order chi connectivity index (χ0) is 12.1. The van der Waals surface area contributed by atoms with Crippen molar-refractivity contribution in [3.8, 4) is 0 Å². The summed E-state index contributed by atoms with van der Waals surface area (Å²) in [7, 11) is 0. The van der Waals surface area contributed by atoms with E-state index in [2.05, 4.69) is 5.32 Å². The van der Waals surface area contributed by atoms with Gasteiger partial charge in [-0.15, -0.1) is 0 Å². The van der Waals surface area contributed by atoms with Gasteiger partial charge in [-0.1, -0.05) is 6.07 Å². The average Bonchev–Trinajstić information content (AvgIpc) is 2.21. The summed E-state index contributed by atoms with van der Waals surface area (Å²) in [6.45, 7) is 1.62. The Bertz CT molecular complexity index is 455. The van der Waals surface area contributed by atoms with Crippen molar-refractivity contribution in [1.29, 1.82) is 0 Å². The van der Waals surface area contributed by atoms with Gasteiger partial charge in [-0.3, -0.25) is 9.59 Å². The number of carbonyl (C=O) groups excluding carboxylic acids is 2. The molecule has 0 unspecified atom stereocenters. The first-order valence-corrected chi connectivity index (χ1v) is 4.53. The van der Waals surface area contributed by atoms with Crippen LogP contribution in [0.3, 0.4) is 0 Å². The molecule has 0 saturated carbocycles. The van der Waals surface area contributed by atoms with Gasteiger partial charge in [-0.2, -0.15) is 0 Å². The molecule has 0 atom stereocenters. The van der Waals surface area contributed by atoms with Crippen LogP contribution in [0, 0.1) is 12.7 Å². The van der Waals surface area contributed by atoms with Crippen molar-refractivity contribution >= 4 is 17.5 Å². The lowest BCUT2D eigenvalue weighted by Crippen LogP contribution is -2.11. The number of carbonyl (C=O) groups is 2. The van der Waals surface area contributed by atoms with Gasteiger partial charge in [-0.05, 0) is 24.6 Å². The Hall–Kier alpha value is -2.17. The maximum atomic E-state index is 13.1. The first-order chi connectivity index (χ1) is 7.49. The maximum Gasteiger partial charge on any atom is 0.248 e. The van der Waals surface area contributed by atoms with Crippen LogP contribution < -0.4 is 11.1 Å². The molecule has 1 rings (SSSR count). The third kappa shape index (κ3) is 3.53. The normalized spacial score (nSPS) is 10.4. The van der Waals surface area contributed by atoms with Gasteiger partial charge in [-0.25, -0.2) is 4.39 Å². The first kappa shape index (κ1) is 11.9. The summed E-state index contributed by atoms with van der Waals surface area (Å²) in [5, 5.41) is 2.39. The number of halogens is 1. The van der Waals surface area contributed by atoms with Gasteiger partial charge >= 0.3 is 0 Å². The highest BCUT2D eigenvalue weighted by atomic mass is 19.1. The highest BCUT2D eigenvalue weighted by molar-refractivity contribution is 6.03. The Morgan fingerprint density at radius 1 is 1.38 bits per heavy atom. The van der Waals surface area contributed by atoms with Crippen LogP contribution in [-0.4, -0.2) is 11.8 Å². The number of anilines is 1. The van der Waals surface area contributed by atoms with Crippen molar-refractivity contribution < 1.29 is 14.0 Å². The molecule has 1 aromatic carbocycles. The van der Waals surface area contributed by atoms with E-state index in [0.29, 0.717) is 11.3 Å². The van der Waals surface area contributed by atoms with Crippen LogP contribution in [0.4, 0.5) is 10.1 Å². The highest BCUT2D eigenvalue weighted by Gasteiger charge is 2.01. The molecule has 0 aliphatic heterocycles. The van der Waals surface area contributed by atoms with Crippen LogP contribution in [-0.2, 0) is 9.59 Å². The van der Waals surface area contributed by atoms with Crippen LogP contribution >= 0.6 is 0 Å². The second kappa shape index (κ2) is 5.06. The summed E-state index contributed by atoms with van der Waals surface area (Å²) in [5.41, 5.74) is 5.63. The highest BCUT2D eigenvalue weighted by Crippen LogP contribution is 2.13. The molecule has 3 N–H and O–H groups in total.